The highest BCUT2D eigenvalue weighted by Gasteiger charge is 2.72. The van der Waals surface area contributed by atoms with Crippen molar-refractivity contribution in [2.75, 3.05) is 0 Å². The van der Waals surface area contributed by atoms with E-state index in [4.69, 9.17) is 5.10 Å². The number of carbonyl (C=O) groups excluding carboxylic acids is 3. The average Bonchev–Trinajstić information content (AvgIpc) is 3.43. The lowest BCUT2D eigenvalue weighted by Gasteiger charge is -2.36. The van der Waals surface area contributed by atoms with Crippen molar-refractivity contribution in [1.82, 2.24) is 5.01 Å². The molecule has 2 heterocycles. The number of ketones is 3. The van der Waals surface area contributed by atoms with Gasteiger partial charge in [0.1, 0.15) is 11.5 Å². The van der Waals surface area contributed by atoms with E-state index < -0.39 is 28.3 Å². The predicted octanol–water partition coefficient (Wildman–Crippen LogP) is 5.40. The molecule has 8 nitrogen and oxygen atoms in total. The molecule has 194 valence electrons. The molecule has 4 aromatic rings. The Morgan fingerprint density at radius 1 is 0.800 bits per heavy atom. The molecule has 0 bridgehead atoms. The molecule has 0 amide bonds. The molecule has 1 spiro atoms. The van der Waals surface area contributed by atoms with Crippen LogP contribution in [0.5, 0.6) is 0 Å². The number of hydrogen-bond donors (Lipinski definition) is 0. The van der Waals surface area contributed by atoms with E-state index in [9.17, 15) is 24.5 Å². The maximum absolute atomic E-state index is 14.6. The average molecular weight is 528 g/mol. The summed E-state index contributed by atoms with van der Waals surface area (Å²) in [6, 6.07) is 26.8. The Balaban J connectivity index is 1.55. The van der Waals surface area contributed by atoms with Gasteiger partial charge in [0.25, 0.3) is 5.69 Å². The summed E-state index contributed by atoms with van der Waals surface area (Å²) in [5.74, 6) is -2.01. The van der Waals surface area contributed by atoms with Gasteiger partial charge in [-0.05, 0) is 16.7 Å². The van der Waals surface area contributed by atoms with Gasteiger partial charge in [0, 0.05) is 34.7 Å². The van der Waals surface area contributed by atoms with Gasteiger partial charge in [-0.15, -0.1) is 0 Å². The zero-order chi connectivity index (χ0) is 27.6. The summed E-state index contributed by atoms with van der Waals surface area (Å²) >= 11 is 0. The lowest BCUT2D eigenvalue weighted by atomic mass is 9.63. The number of benzene rings is 4. The van der Waals surface area contributed by atoms with Crippen molar-refractivity contribution >= 4 is 29.3 Å². The van der Waals surface area contributed by atoms with Crippen LogP contribution in [-0.2, 0) is 0 Å². The fourth-order valence-corrected chi connectivity index (χ4v) is 6.73. The second kappa shape index (κ2) is 8.64. The summed E-state index contributed by atoms with van der Waals surface area (Å²) in [4.78, 5) is 54.6. The standard InChI is InChI=1S/C32H21N3O5/c36-28(20-8-2-1-3-9-20)27-26(19-14-16-22(17-15-19)35(39)40)32(30(37)24-12-6-7-13-25(24)31(32)38)29-23-11-5-4-10-21(23)18-33-34(27)29/h1-18,26-27,29H/t26-,27-,29-/m1/s1. The van der Waals surface area contributed by atoms with Crippen LogP contribution >= 0.6 is 0 Å². The zero-order valence-electron chi connectivity index (χ0n) is 21.0. The maximum atomic E-state index is 14.6. The quantitative estimate of drug-likeness (QED) is 0.152. The molecule has 3 atom stereocenters. The molecule has 0 unspecified atom stereocenters. The highest BCUT2D eigenvalue weighted by atomic mass is 16.6. The van der Waals surface area contributed by atoms with Gasteiger partial charge >= 0.3 is 0 Å². The highest BCUT2D eigenvalue weighted by molar-refractivity contribution is 6.31. The second-order valence-corrected chi connectivity index (χ2v) is 10.2. The van der Waals surface area contributed by atoms with E-state index in [1.54, 1.807) is 78.0 Å². The van der Waals surface area contributed by atoms with Gasteiger partial charge < -0.3 is 0 Å². The van der Waals surface area contributed by atoms with E-state index in [1.807, 2.05) is 24.3 Å². The molecule has 0 aromatic heterocycles. The van der Waals surface area contributed by atoms with Gasteiger partial charge in [0.15, 0.2) is 17.3 Å². The van der Waals surface area contributed by atoms with Crippen molar-refractivity contribution in [3.8, 4) is 0 Å². The Bertz CT molecular complexity index is 1730. The van der Waals surface area contributed by atoms with E-state index in [0.29, 0.717) is 22.3 Å². The van der Waals surface area contributed by atoms with Crippen molar-refractivity contribution in [3.05, 3.63) is 147 Å². The van der Waals surface area contributed by atoms with Gasteiger partial charge in [-0.1, -0.05) is 91.0 Å². The Labute approximate surface area is 228 Å². The van der Waals surface area contributed by atoms with E-state index >= 15 is 0 Å². The van der Waals surface area contributed by atoms with E-state index in [0.717, 1.165) is 11.1 Å². The first-order chi connectivity index (χ1) is 19.4. The van der Waals surface area contributed by atoms with E-state index in [1.165, 1.54) is 12.1 Å². The van der Waals surface area contributed by atoms with Gasteiger partial charge in [-0.25, -0.2) is 0 Å². The summed E-state index contributed by atoms with van der Waals surface area (Å²) in [5, 5.41) is 17.8. The molecule has 8 heteroatoms. The number of nitrogens with zero attached hydrogens (tertiary/aromatic N) is 3. The van der Waals surface area contributed by atoms with Crippen molar-refractivity contribution in [2.45, 2.75) is 18.0 Å². The summed E-state index contributed by atoms with van der Waals surface area (Å²) in [6.45, 7) is 0. The van der Waals surface area contributed by atoms with Crippen LogP contribution in [0.25, 0.3) is 0 Å². The summed E-state index contributed by atoms with van der Waals surface area (Å²) in [7, 11) is 0. The maximum Gasteiger partial charge on any atom is 0.269 e. The first kappa shape index (κ1) is 23.8. The summed E-state index contributed by atoms with van der Waals surface area (Å²) in [5.41, 5.74) is 1.14. The summed E-state index contributed by atoms with van der Waals surface area (Å²) in [6.07, 6.45) is 1.65. The molecular formula is C32H21N3O5. The molecule has 0 radical (unpaired) electrons. The van der Waals surface area contributed by atoms with Crippen molar-refractivity contribution < 1.29 is 19.3 Å². The Morgan fingerprint density at radius 3 is 2.05 bits per heavy atom. The lowest BCUT2D eigenvalue weighted by molar-refractivity contribution is -0.384. The molecular weight excluding hydrogens is 506 g/mol. The third-order valence-electron chi connectivity index (χ3n) is 8.37. The minimum atomic E-state index is -1.72. The Kier molecular flexibility index (Phi) is 5.15. The molecule has 3 aliphatic rings. The fraction of sp³-hybridized carbons (Fsp3) is 0.125. The number of hydrogen-bond acceptors (Lipinski definition) is 7. The lowest BCUT2D eigenvalue weighted by Crippen LogP contribution is -2.43. The van der Waals surface area contributed by atoms with Crippen LogP contribution in [0, 0.1) is 15.5 Å². The largest absolute Gasteiger partial charge is 0.293 e. The highest BCUT2D eigenvalue weighted by Crippen LogP contribution is 2.64. The van der Waals surface area contributed by atoms with Gasteiger partial charge in [-0.3, -0.25) is 29.5 Å². The molecule has 0 saturated carbocycles. The van der Waals surface area contributed by atoms with Crippen molar-refractivity contribution in [1.29, 1.82) is 0 Å². The number of carbonyl (C=O) groups is 3. The van der Waals surface area contributed by atoms with E-state index in [2.05, 4.69) is 0 Å². The van der Waals surface area contributed by atoms with Crippen LogP contribution in [0.4, 0.5) is 5.69 Å². The van der Waals surface area contributed by atoms with Crippen LogP contribution in [-0.4, -0.2) is 39.5 Å². The topological polar surface area (TPSA) is 110 Å². The number of nitro benzene ring substituents is 1. The zero-order valence-corrected chi connectivity index (χ0v) is 21.0. The predicted molar refractivity (Wildman–Crippen MR) is 147 cm³/mol. The first-order valence-electron chi connectivity index (χ1n) is 12.9. The monoisotopic (exact) mass is 527 g/mol. The number of rotatable bonds is 4. The van der Waals surface area contributed by atoms with Gasteiger partial charge in [0.05, 0.1) is 17.2 Å². The van der Waals surface area contributed by atoms with Crippen molar-refractivity contribution in [3.63, 3.8) is 0 Å². The van der Waals surface area contributed by atoms with Crippen LogP contribution in [0.3, 0.4) is 0 Å². The molecule has 2 aliphatic heterocycles. The van der Waals surface area contributed by atoms with Crippen LogP contribution < -0.4 is 0 Å². The molecule has 1 saturated heterocycles. The number of nitro groups is 1. The molecule has 7 rings (SSSR count). The third kappa shape index (κ3) is 3.07. The number of hydrazone groups is 1. The van der Waals surface area contributed by atoms with Crippen LogP contribution in [0.2, 0.25) is 0 Å². The normalized spacial score (nSPS) is 21.7. The van der Waals surface area contributed by atoms with E-state index in [-0.39, 0.29) is 23.0 Å². The number of fused-ring (bicyclic) bond motifs is 5. The Morgan fingerprint density at radius 2 is 1.40 bits per heavy atom. The number of non-ortho nitro benzene ring substituents is 1. The smallest absolute Gasteiger partial charge is 0.269 e. The van der Waals surface area contributed by atoms with Gasteiger partial charge in [-0.2, -0.15) is 5.10 Å². The molecule has 0 N–H and O–H groups in total. The Hall–Kier alpha value is -5.24. The molecule has 40 heavy (non-hydrogen) atoms. The minimum absolute atomic E-state index is 0.129. The van der Waals surface area contributed by atoms with Crippen LogP contribution in [0.1, 0.15) is 59.7 Å². The third-order valence-corrected chi connectivity index (χ3v) is 8.37. The first-order valence-corrected chi connectivity index (χ1v) is 12.9. The molecule has 4 aromatic carbocycles. The SMILES string of the molecule is O=C(c1ccccc1)[C@H]1[C@@H](c2ccc([N+](=O)[O-])cc2)C2(C(=O)c3ccccc3C2=O)[C@H]2c3ccccc3C=NN12. The second-order valence-electron chi connectivity index (χ2n) is 10.2. The fourth-order valence-electron chi connectivity index (χ4n) is 6.73. The van der Waals surface area contributed by atoms with Crippen LogP contribution in [0.15, 0.2) is 108 Å². The summed E-state index contributed by atoms with van der Waals surface area (Å²) < 4.78 is 0. The molecule has 1 fully saturated rings. The van der Waals surface area contributed by atoms with Crippen molar-refractivity contribution in [2.24, 2.45) is 10.5 Å². The number of Topliss-reactive ketones (excluding diaryl/α,β-unsaturated/α-hetero) is 3. The van der Waals surface area contributed by atoms with Gasteiger partial charge in [0.2, 0.25) is 0 Å². The molecule has 1 aliphatic carbocycles. The minimum Gasteiger partial charge on any atom is -0.293 e.